The number of nitrogens with one attached hydrogen (secondary N) is 2. The average Bonchev–Trinajstić information content (AvgIpc) is 2.97. The van der Waals surface area contributed by atoms with E-state index in [0.717, 1.165) is 30.8 Å². The van der Waals surface area contributed by atoms with Crippen LogP contribution >= 0.6 is 0 Å². The highest BCUT2D eigenvalue weighted by Gasteiger charge is 2.21. The maximum Gasteiger partial charge on any atom is 0.123 e. The zero-order valence-corrected chi connectivity index (χ0v) is 14.1. The molecule has 0 aromatic heterocycles. The SMILES string of the molecule is CS(=O)NCc1ccc(CNCC2Cc3ccccc3O2)cc1. The Bertz CT molecular complexity index is 648. The largest absolute Gasteiger partial charge is 0.488 e. The number of fused-ring (bicyclic) bond motifs is 1. The van der Waals surface area contributed by atoms with E-state index in [9.17, 15) is 4.21 Å². The predicted molar refractivity (Wildman–Crippen MR) is 93.6 cm³/mol. The molecular weight excluding hydrogens is 308 g/mol. The first kappa shape index (κ1) is 16.2. The molecule has 1 aliphatic heterocycles. The van der Waals surface area contributed by atoms with E-state index in [-0.39, 0.29) is 6.10 Å². The van der Waals surface area contributed by atoms with E-state index < -0.39 is 11.0 Å². The number of rotatable bonds is 7. The fraction of sp³-hybridized carbons (Fsp3) is 0.333. The van der Waals surface area contributed by atoms with Crippen molar-refractivity contribution in [2.75, 3.05) is 12.8 Å². The molecule has 0 fully saturated rings. The van der Waals surface area contributed by atoms with Crippen LogP contribution in [-0.2, 0) is 30.5 Å². The molecule has 3 rings (SSSR count). The Labute approximate surface area is 139 Å². The van der Waals surface area contributed by atoms with Crippen LogP contribution in [0.3, 0.4) is 0 Å². The third-order valence-corrected chi connectivity index (χ3v) is 4.47. The van der Waals surface area contributed by atoms with Gasteiger partial charge in [0.15, 0.2) is 0 Å². The second-order valence-corrected chi connectivity index (χ2v) is 6.97. The van der Waals surface area contributed by atoms with Gasteiger partial charge in [0, 0.05) is 32.3 Å². The molecule has 2 atom stereocenters. The van der Waals surface area contributed by atoms with E-state index in [1.807, 2.05) is 12.1 Å². The minimum atomic E-state index is -0.971. The fourth-order valence-corrected chi connectivity index (χ4v) is 3.08. The van der Waals surface area contributed by atoms with E-state index in [0.29, 0.717) is 6.54 Å². The number of hydrogen-bond donors (Lipinski definition) is 2. The highest BCUT2D eigenvalue weighted by atomic mass is 32.2. The second kappa shape index (κ2) is 7.73. The van der Waals surface area contributed by atoms with Crippen LogP contribution in [0.5, 0.6) is 5.75 Å². The molecule has 0 saturated heterocycles. The van der Waals surface area contributed by atoms with Crippen LogP contribution in [0.4, 0.5) is 0 Å². The van der Waals surface area contributed by atoms with Gasteiger partial charge in [-0.25, -0.2) is 8.93 Å². The highest BCUT2D eigenvalue weighted by Crippen LogP contribution is 2.27. The third kappa shape index (κ3) is 4.64. The van der Waals surface area contributed by atoms with Gasteiger partial charge in [-0.1, -0.05) is 42.5 Å². The second-order valence-electron chi connectivity index (χ2n) is 5.77. The molecule has 2 N–H and O–H groups in total. The number of benzene rings is 2. The summed E-state index contributed by atoms with van der Waals surface area (Å²) in [5.41, 5.74) is 3.67. The lowest BCUT2D eigenvalue weighted by Gasteiger charge is -2.12. The van der Waals surface area contributed by atoms with Crippen LogP contribution in [0, 0.1) is 0 Å². The summed E-state index contributed by atoms with van der Waals surface area (Å²) < 4.78 is 19.8. The van der Waals surface area contributed by atoms with E-state index in [2.05, 4.69) is 46.4 Å². The summed E-state index contributed by atoms with van der Waals surface area (Å²) in [6.07, 6.45) is 2.83. The first-order chi connectivity index (χ1) is 11.2. The quantitative estimate of drug-likeness (QED) is 0.818. The lowest BCUT2D eigenvalue weighted by molar-refractivity contribution is 0.227. The molecule has 2 aromatic rings. The van der Waals surface area contributed by atoms with Gasteiger partial charge in [0.1, 0.15) is 11.9 Å². The summed E-state index contributed by atoms with van der Waals surface area (Å²) in [6, 6.07) is 16.6. The lowest BCUT2D eigenvalue weighted by atomic mass is 10.1. The van der Waals surface area contributed by atoms with Crippen LogP contribution in [-0.4, -0.2) is 23.1 Å². The molecule has 23 heavy (non-hydrogen) atoms. The fourth-order valence-electron chi connectivity index (χ4n) is 2.71. The molecule has 5 heteroatoms. The first-order valence-electron chi connectivity index (χ1n) is 7.81. The number of ether oxygens (including phenoxy) is 1. The Kier molecular flexibility index (Phi) is 5.43. The van der Waals surface area contributed by atoms with Crippen molar-refractivity contribution < 1.29 is 8.95 Å². The summed E-state index contributed by atoms with van der Waals surface area (Å²) in [4.78, 5) is 0. The molecule has 0 amide bonds. The molecule has 0 aliphatic carbocycles. The molecule has 0 spiro atoms. The summed E-state index contributed by atoms with van der Waals surface area (Å²) >= 11 is 0. The normalized spacial score (nSPS) is 17.5. The zero-order chi connectivity index (χ0) is 16.1. The van der Waals surface area contributed by atoms with Gasteiger partial charge in [0.2, 0.25) is 0 Å². The van der Waals surface area contributed by atoms with Crippen molar-refractivity contribution in [1.29, 1.82) is 0 Å². The molecule has 0 saturated carbocycles. The van der Waals surface area contributed by atoms with Gasteiger partial charge >= 0.3 is 0 Å². The van der Waals surface area contributed by atoms with Gasteiger partial charge in [-0.2, -0.15) is 0 Å². The maximum absolute atomic E-state index is 11.0. The Morgan fingerprint density at radius 1 is 1.09 bits per heavy atom. The predicted octanol–water partition coefficient (Wildman–Crippen LogP) is 2.16. The van der Waals surface area contributed by atoms with Crippen LogP contribution in [0.15, 0.2) is 48.5 Å². The molecule has 4 nitrogen and oxygen atoms in total. The van der Waals surface area contributed by atoms with E-state index in [4.69, 9.17) is 4.74 Å². The van der Waals surface area contributed by atoms with Gasteiger partial charge in [-0.3, -0.25) is 0 Å². The topological polar surface area (TPSA) is 50.4 Å². The summed E-state index contributed by atoms with van der Waals surface area (Å²) in [5.74, 6) is 1.02. The molecule has 0 radical (unpaired) electrons. The molecule has 2 unspecified atom stereocenters. The standard InChI is InChI=1S/C18H22N2O2S/c1-23(21)20-12-15-8-6-14(7-9-15)11-19-13-17-10-16-4-2-3-5-18(16)22-17/h2-9,17,19-20H,10-13H2,1H3. The van der Waals surface area contributed by atoms with Crippen LogP contribution in [0.2, 0.25) is 0 Å². The molecule has 1 heterocycles. The molecular formula is C18H22N2O2S. The smallest absolute Gasteiger partial charge is 0.123 e. The molecule has 0 bridgehead atoms. The van der Waals surface area contributed by atoms with E-state index in [1.54, 1.807) is 6.26 Å². The third-order valence-electron chi connectivity index (χ3n) is 3.92. The van der Waals surface area contributed by atoms with Gasteiger partial charge in [0.25, 0.3) is 0 Å². The van der Waals surface area contributed by atoms with Crippen molar-refractivity contribution in [3.05, 3.63) is 65.2 Å². The van der Waals surface area contributed by atoms with E-state index >= 15 is 0 Å². The van der Waals surface area contributed by atoms with Gasteiger partial charge < -0.3 is 10.1 Å². The summed E-state index contributed by atoms with van der Waals surface area (Å²) in [7, 11) is -0.971. The van der Waals surface area contributed by atoms with Crippen LogP contribution < -0.4 is 14.8 Å². The lowest BCUT2D eigenvalue weighted by Crippen LogP contribution is -2.29. The number of para-hydroxylation sites is 1. The Hall–Kier alpha value is -1.69. The summed E-state index contributed by atoms with van der Waals surface area (Å²) in [5, 5.41) is 3.46. The minimum absolute atomic E-state index is 0.218. The maximum atomic E-state index is 11.0. The van der Waals surface area contributed by atoms with Gasteiger partial charge in [0.05, 0.1) is 11.0 Å². The van der Waals surface area contributed by atoms with Crippen molar-refractivity contribution >= 4 is 11.0 Å². The summed E-state index contributed by atoms with van der Waals surface area (Å²) in [6.45, 7) is 2.29. The Morgan fingerprint density at radius 2 is 1.78 bits per heavy atom. The van der Waals surface area contributed by atoms with Crippen molar-refractivity contribution in [2.24, 2.45) is 0 Å². The molecule has 122 valence electrons. The van der Waals surface area contributed by atoms with Crippen molar-refractivity contribution in [2.45, 2.75) is 25.6 Å². The molecule has 2 aromatic carbocycles. The zero-order valence-electron chi connectivity index (χ0n) is 13.2. The van der Waals surface area contributed by atoms with Crippen molar-refractivity contribution in [3.8, 4) is 5.75 Å². The van der Waals surface area contributed by atoms with Gasteiger partial charge in [-0.05, 0) is 22.8 Å². The van der Waals surface area contributed by atoms with Crippen LogP contribution in [0.25, 0.3) is 0 Å². The van der Waals surface area contributed by atoms with Crippen molar-refractivity contribution in [1.82, 2.24) is 10.0 Å². The Morgan fingerprint density at radius 3 is 2.48 bits per heavy atom. The monoisotopic (exact) mass is 330 g/mol. The average molecular weight is 330 g/mol. The highest BCUT2D eigenvalue weighted by molar-refractivity contribution is 7.82. The van der Waals surface area contributed by atoms with Crippen LogP contribution in [0.1, 0.15) is 16.7 Å². The first-order valence-corrected chi connectivity index (χ1v) is 9.36. The van der Waals surface area contributed by atoms with E-state index in [1.165, 1.54) is 11.1 Å². The van der Waals surface area contributed by atoms with Gasteiger partial charge in [-0.15, -0.1) is 0 Å². The number of hydrogen-bond acceptors (Lipinski definition) is 3. The molecule has 1 aliphatic rings. The minimum Gasteiger partial charge on any atom is -0.488 e. The van der Waals surface area contributed by atoms with Crippen molar-refractivity contribution in [3.63, 3.8) is 0 Å². The Balaban J connectivity index is 1.42.